The van der Waals surface area contributed by atoms with Crippen molar-refractivity contribution in [3.8, 4) is 0 Å². The number of fused-ring (bicyclic) bond motifs is 3. The number of imidazole rings is 1. The Morgan fingerprint density at radius 1 is 1.30 bits per heavy atom. The monoisotopic (exact) mass is 332 g/mol. The van der Waals surface area contributed by atoms with Gasteiger partial charge in [0.25, 0.3) is 0 Å². The molecule has 0 atom stereocenters. The van der Waals surface area contributed by atoms with E-state index < -0.39 is 0 Å². The van der Waals surface area contributed by atoms with Gasteiger partial charge in [-0.2, -0.15) is 0 Å². The van der Waals surface area contributed by atoms with Crippen LogP contribution in [0.3, 0.4) is 0 Å². The molecule has 0 bridgehead atoms. The average Bonchev–Trinajstić information content (AvgIpc) is 2.84. The topological polar surface area (TPSA) is 66.0 Å². The summed E-state index contributed by atoms with van der Waals surface area (Å²) in [6.07, 6.45) is 0. The van der Waals surface area contributed by atoms with Crippen LogP contribution >= 0.6 is 11.6 Å². The van der Waals surface area contributed by atoms with Gasteiger partial charge in [-0.15, -0.1) is 0 Å². The van der Waals surface area contributed by atoms with Crippen molar-refractivity contribution in [2.45, 2.75) is 33.9 Å². The maximum absolute atomic E-state index is 6.14. The van der Waals surface area contributed by atoms with Crippen LogP contribution in [0.2, 0.25) is 5.02 Å². The van der Waals surface area contributed by atoms with Crippen molar-refractivity contribution in [2.75, 3.05) is 12.3 Å². The molecule has 23 heavy (non-hydrogen) atoms. The molecule has 122 valence electrons. The fraction of sp³-hybridized carbons (Fsp3) is 0.412. The van der Waals surface area contributed by atoms with E-state index in [1.807, 2.05) is 25.1 Å². The molecule has 3 rings (SSSR count). The summed E-state index contributed by atoms with van der Waals surface area (Å²) in [7, 11) is 0. The van der Waals surface area contributed by atoms with Crippen LogP contribution in [-0.2, 0) is 17.9 Å². The van der Waals surface area contributed by atoms with E-state index in [1.165, 1.54) is 0 Å². The molecule has 0 saturated heterocycles. The van der Waals surface area contributed by atoms with Gasteiger partial charge in [0.05, 0.1) is 11.0 Å². The number of hydrogen-bond acceptors (Lipinski definition) is 4. The summed E-state index contributed by atoms with van der Waals surface area (Å²) < 4.78 is 7.78. The maximum atomic E-state index is 6.14. The quantitative estimate of drug-likeness (QED) is 0.766. The summed E-state index contributed by atoms with van der Waals surface area (Å²) >= 11 is 6.10. The lowest BCUT2D eigenvalue weighted by Crippen LogP contribution is -2.10. The first-order valence-corrected chi connectivity index (χ1v) is 8.20. The van der Waals surface area contributed by atoms with Crippen molar-refractivity contribution in [3.63, 3.8) is 0 Å². The molecule has 0 fully saturated rings. The molecule has 3 aromatic rings. The second-order valence-electron chi connectivity index (χ2n) is 6.03. The normalized spacial score (nSPS) is 11.9. The first-order valence-electron chi connectivity index (χ1n) is 7.82. The summed E-state index contributed by atoms with van der Waals surface area (Å²) in [6, 6.07) is 5.69. The molecular weight excluding hydrogens is 312 g/mol. The minimum absolute atomic E-state index is 0.426. The summed E-state index contributed by atoms with van der Waals surface area (Å²) in [5.74, 6) is 1.78. The van der Waals surface area contributed by atoms with Gasteiger partial charge in [-0.1, -0.05) is 25.4 Å². The Kier molecular flexibility index (Phi) is 4.41. The average molecular weight is 333 g/mol. The summed E-state index contributed by atoms with van der Waals surface area (Å²) in [5.41, 5.74) is 8.67. The molecule has 0 unspecified atom stereocenters. The zero-order chi connectivity index (χ0) is 16.6. The fourth-order valence-corrected chi connectivity index (χ4v) is 2.96. The standard InChI is InChI=1S/C17H21ClN4O/c1-4-23-9-14-21-15-16(22(14)8-10(2)3)12-6-5-11(18)7-13(12)20-17(15)19/h5-7,10H,4,8-9H2,1-3H3,(H2,19,20). The first-order chi connectivity index (χ1) is 11.0. The Bertz CT molecular complexity index is 857. The summed E-state index contributed by atoms with van der Waals surface area (Å²) in [4.78, 5) is 9.15. The van der Waals surface area contributed by atoms with E-state index >= 15 is 0 Å². The number of rotatable bonds is 5. The highest BCUT2D eigenvalue weighted by atomic mass is 35.5. The number of anilines is 1. The lowest BCUT2D eigenvalue weighted by molar-refractivity contribution is 0.125. The number of hydrogen-bond donors (Lipinski definition) is 1. The predicted molar refractivity (Wildman–Crippen MR) is 94.6 cm³/mol. The minimum atomic E-state index is 0.426. The molecule has 2 aromatic heterocycles. The van der Waals surface area contributed by atoms with Crippen molar-refractivity contribution in [1.29, 1.82) is 0 Å². The second-order valence-corrected chi connectivity index (χ2v) is 6.46. The smallest absolute Gasteiger partial charge is 0.152 e. The number of nitrogens with two attached hydrogens (primary N) is 1. The largest absolute Gasteiger partial charge is 0.382 e. The zero-order valence-electron chi connectivity index (χ0n) is 13.6. The van der Waals surface area contributed by atoms with E-state index in [-0.39, 0.29) is 0 Å². The van der Waals surface area contributed by atoms with E-state index in [0.29, 0.717) is 30.0 Å². The third-order valence-corrected chi connectivity index (χ3v) is 3.96. The van der Waals surface area contributed by atoms with E-state index in [1.54, 1.807) is 0 Å². The van der Waals surface area contributed by atoms with Crippen LogP contribution < -0.4 is 5.73 Å². The fourth-order valence-electron chi connectivity index (χ4n) is 2.80. The Hall–Kier alpha value is -1.85. The summed E-state index contributed by atoms with van der Waals surface area (Å²) in [6.45, 7) is 8.30. The van der Waals surface area contributed by atoms with Gasteiger partial charge >= 0.3 is 0 Å². The number of aromatic nitrogens is 3. The van der Waals surface area contributed by atoms with Crippen LogP contribution in [0.5, 0.6) is 0 Å². The van der Waals surface area contributed by atoms with E-state index in [9.17, 15) is 0 Å². The van der Waals surface area contributed by atoms with Gasteiger partial charge in [-0.05, 0) is 31.0 Å². The van der Waals surface area contributed by atoms with Crippen molar-refractivity contribution in [1.82, 2.24) is 14.5 Å². The van der Waals surface area contributed by atoms with Crippen LogP contribution in [0.4, 0.5) is 5.82 Å². The van der Waals surface area contributed by atoms with E-state index in [2.05, 4.69) is 23.4 Å². The molecule has 0 saturated carbocycles. The highest BCUT2D eigenvalue weighted by molar-refractivity contribution is 6.31. The van der Waals surface area contributed by atoms with Crippen molar-refractivity contribution >= 4 is 39.4 Å². The Morgan fingerprint density at radius 3 is 2.78 bits per heavy atom. The Balaban J connectivity index is 2.33. The van der Waals surface area contributed by atoms with Crippen molar-refractivity contribution in [3.05, 3.63) is 29.0 Å². The number of ether oxygens (including phenoxy) is 1. The van der Waals surface area contributed by atoms with Crippen LogP contribution in [0.1, 0.15) is 26.6 Å². The van der Waals surface area contributed by atoms with Gasteiger partial charge in [0.15, 0.2) is 5.82 Å². The second kappa shape index (κ2) is 6.34. The van der Waals surface area contributed by atoms with Gasteiger partial charge in [0.1, 0.15) is 17.9 Å². The zero-order valence-corrected chi connectivity index (χ0v) is 14.4. The molecule has 2 N–H and O–H groups in total. The van der Waals surface area contributed by atoms with Gasteiger partial charge in [0, 0.05) is 23.6 Å². The lowest BCUT2D eigenvalue weighted by Gasteiger charge is -2.13. The van der Waals surface area contributed by atoms with Gasteiger partial charge in [-0.25, -0.2) is 9.97 Å². The third-order valence-electron chi connectivity index (χ3n) is 3.73. The molecule has 1 aromatic carbocycles. The molecule has 0 aliphatic heterocycles. The SMILES string of the molecule is CCOCc1nc2c(N)nc3cc(Cl)ccc3c2n1CC(C)C. The predicted octanol–water partition coefficient (Wildman–Crippen LogP) is 4.01. The molecule has 0 radical (unpaired) electrons. The maximum Gasteiger partial charge on any atom is 0.152 e. The molecule has 6 heteroatoms. The minimum Gasteiger partial charge on any atom is -0.382 e. The van der Waals surface area contributed by atoms with Crippen LogP contribution in [0.25, 0.3) is 21.9 Å². The van der Waals surface area contributed by atoms with Gasteiger partial charge in [-0.3, -0.25) is 0 Å². The van der Waals surface area contributed by atoms with Crippen LogP contribution in [0.15, 0.2) is 18.2 Å². The molecule has 2 heterocycles. The highest BCUT2D eigenvalue weighted by Gasteiger charge is 2.18. The van der Waals surface area contributed by atoms with Crippen molar-refractivity contribution < 1.29 is 4.74 Å². The molecule has 0 amide bonds. The number of nitrogen functional groups attached to an aromatic ring is 1. The number of halogens is 1. The van der Waals surface area contributed by atoms with E-state index in [0.717, 1.165) is 34.3 Å². The molecule has 0 aliphatic carbocycles. The highest BCUT2D eigenvalue weighted by Crippen LogP contribution is 2.31. The molecule has 5 nitrogen and oxygen atoms in total. The van der Waals surface area contributed by atoms with E-state index in [4.69, 9.17) is 27.1 Å². The van der Waals surface area contributed by atoms with Crippen LogP contribution in [-0.4, -0.2) is 21.1 Å². The molecular formula is C17H21ClN4O. The Labute approximate surface area is 140 Å². The first kappa shape index (κ1) is 16.0. The molecule has 0 spiro atoms. The van der Waals surface area contributed by atoms with Gasteiger partial charge in [0.2, 0.25) is 0 Å². The lowest BCUT2D eigenvalue weighted by atomic mass is 10.1. The van der Waals surface area contributed by atoms with Crippen molar-refractivity contribution in [2.24, 2.45) is 5.92 Å². The molecule has 0 aliphatic rings. The number of benzene rings is 1. The van der Waals surface area contributed by atoms with Gasteiger partial charge < -0.3 is 15.0 Å². The van der Waals surface area contributed by atoms with Crippen LogP contribution in [0, 0.1) is 5.92 Å². The third kappa shape index (κ3) is 2.99. The Morgan fingerprint density at radius 2 is 2.09 bits per heavy atom. The number of nitrogens with zero attached hydrogens (tertiary/aromatic N) is 3. The number of pyridine rings is 1. The summed E-state index contributed by atoms with van der Waals surface area (Å²) in [5, 5.41) is 1.66.